The second-order valence-electron chi connectivity index (χ2n) is 17.1. The number of hydrogen-bond acceptors (Lipinski definition) is 16. The Morgan fingerprint density at radius 1 is 0.794 bits per heavy atom. The number of esters is 2. The van der Waals surface area contributed by atoms with Gasteiger partial charge in [-0.05, 0) is 56.6 Å². The minimum atomic E-state index is -5.44. The molecule has 21 heteroatoms. The molecule has 6 N–H and O–H groups in total. The highest BCUT2D eigenvalue weighted by molar-refractivity contribution is 7.61. The zero-order valence-electron chi connectivity index (χ0n) is 40.1. The van der Waals surface area contributed by atoms with Crippen LogP contribution in [-0.2, 0) is 51.1 Å². The van der Waals surface area contributed by atoms with Gasteiger partial charge in [-0.25, -0.2) is 13.9 Å². The van der Waals surface area contributed by atoms with Gasteiger partial charge in [0.15, 0.2) is 18.1 Å². The number of allylic oxidation sites excluding steroid dienone is 8. The lowest BCUT2D eigenvalue weighted by Crippen LogP contribution is -2.36. The molecule has 386 valence electrons. The third-order valence-electron chi connectivity index (χ3n) is 10.6. The van der Waals surface area contributed by atoms with E-state index in [0.29, 0.717) is 32.1 Å². The summed E-state index contributed by atoms with van der Waals surface area (Å²) in [5.74, 6) is -0.554. The predicted octanol–water partition coefficient (Wildman–Crippen LogP) is 8.42. The average Bonchev–Trinajstić information content (AvgIpc) is 3.55. The number of carbonyl (C=O) groups excluding carboxylic acids is 3. The van der Waals surface area contributed by atoms with Crippen LogP contribution in [-0.4, -0.2) is 91.5 Å². The third kappa shape index (κ3) is 28.2. The quantitative estimate of drug-likeness (QED) is 0.0104. The van der Waals surface area contributed by atoms with E-state index < -0.39 is 83.7 Å². The number of rotatable bonds is 38. The standard InChI is InChI=1S/C47H77N3O16P2/c1-4-5-22-28-38(51)29-24-19-15-11-7-6-8-12-16-20-25-30-42(52)61-34-39(64-43(53)31-26-21-17-13-9-10-14-18-23-27-37(2)3)35-62-67(57,58)66-68(59,60)63-36-40-44(54)45(55)46(65-40)50-33-32-41(48)49-47(50)56/h6-7,12,15-16,19,24,29,32-33,37,39-40,44-46,54-55H,4-5,8-11,13-14,17-18,20-23,25-28,30-31,34-36H2,1-3H3,(H,57,58)(H,59,60)(H2,48,49,56)/b7-6-,16-12-,19-15-,29-24+/t39-,40-,44-,45-,46-/m1/s1. The van der Waals surface area contributed by atoms with Crippen molar-refractivity contribution in [1.29, 1.82) is 0 Å². The molecule has 1 aromatic rings. The lowest BCUT2D eigenvalue weighted by molar-refractivity contribution is -0.161. The van der Waals surface area contributed by atoms with Gasteiger partial charge in [0.1, 0.15) is 30.7 Å². The lowest BCUT2D eigenvalue weighted by Gasteiger charge is -2.21. The van der Waals surface area contributed by atoms with Crippen LogP contribution in [0.3, 0.4) is 0 Å². The van der Waals surface area contributed by atoms with Crippen LogP contribution < -0.4 is 11.4 Å². The number of unbranched alkanes of at least 4 members (excludes halogenated alkanes) is 11. The van der Waals surface area contributed by atoms with Crippen LogP contribution in [0.4, 0.5) is 5.82 Å². The molecule has 0 aliphatic carbocycles. The SMILES string of the molecule is CCCCCC(=O)/C=C/C=C\C/C=C\C/C=C\CCCC(=O)OC[C@H](COP(=O)(O)OP(=O)(O)OC[C@H]1O[C@@H](n2ccc(N)nc2=O)[C@H](O)[C@@H]1O)OC(=O)CCCCCCCCCCCC(C)C. The second-order valence-corrected chi connectivity index (χ2v) is 20.2. The molecule has 2 heterocycles. The summed E-state index contributed by atoms with van der Waals surface area (Å²) in [6.45, 7) is 4.17. The molecule has 68 heavy (non-hydrogen) atoms. The number of ether oxygens (including phenoxy) is 3. The van der Waals surface area contributed by atoms with Crippen molar-refractivity contribution in [3.63, 3.8) is 0 Å². The molecular weight excluding hydrogens is 924 g/mol. The molecule has 0 radical (unpaired) electrons. The van der Waals surface area contributed by atoms with Crippen LogP contribution in [0.15, 0.2) is 65.7 Å². The lowest BCUT2D eigenvalue weighted by atomic mass is 10.0. The number of anilines is 1. The first kappa shape index (κ1) is 60.5. The van der Waals surface area contributed by atoms with E-state index in [9.17, 15) is 48.3 Å². The van der Waals surface area contributed by atoms with Crippen LogP contribution >= 0.6 is 15.6 Å². The Balaban J connectivity index is 1.85. The van der Waals surface area contributed by atoms with E-state index in [0.717, 1.165) is 68.0 Å². The molecule has 0 bridgehead atoms. The van der Waals surface area contributed by atoms with E-state index in [4.69, 9.17) is 29.0 Å². The van der Waals surface area contributed by atoms with Gasteiger partial charge in [0.05, 0.1) is 13.2 Å². The Morgan fingerprint density at radius 3 is 2.09 bits per heavy atom. The molecule has 0 amide bonds. The minimum absolute atomic E-state index is 0.0243. The van der Waals surface area contributed by atoms with Crippen molar-refractivity contribution in [1.82, 2.24) is 9.55 Å². The van der Waals surface area contributed by atoms with Crippen molar-refractivity contribution in [2.24, 2.45) is 5.92 Å². The van der Waals surface area contributed by atoms with Gasteiger partial charge in [0, 0.05) is 25.5 Å². The number of carbonyl (C=O) groups is 3. The van der Waals surface area contributed by atoms with Gasteiger partial charge in [-0.1, -0.05) is 134 Å². The first-order chi connectivity index (χ1) is 32.4. The van der Waals surface area contributed by atoms with E-state index >= 15 is 0 Å². The van der Waals surface area contributed by atoms with Crippen LogP contribution in [0.2, 0.25) is 0 Å². The highest BCUT2D eigenvalue weighted by Crippen LogP contribution is 2.60. The summed E-state index contributed by atoms with van der Waals surface area (Å²) in [5, 5.41) is 20.9. The van der Waals surface area contributed by atoms with Crippen molar-refractivity contribution in [2.75, 3.05) is 25.6 Å². The molecule has 1 saturated heterocycles. The number of phosphoric ester groups is 2. The molecule has 7 atom stereocenters. The normalized spacial score (nSPS) is 19.9. The molecule has 1 aliphatic heterocycles. The number of nitrogen functional groups attached to an aromatic ring is 1. The molecule has 2 unspecified atom stereocenters. The smallest absolute Gasteiger partial charge is 0.462 e. The summed E-state index contributed by atoms with van der Waals surface area (Å²) >= 11 is 0. The number of aliphatic hydroxyl groups is 2. The molecule has 0 saturated carbocycles. The van der Waals surface area contributed by atoms with E-state index in [1.54, 1.807) is 12.2 Å². The number of aromatic nitrogens is 2. The van der Waals surface area contributed by atoms with Gasteiger partial charge < -0.3 is 39.9 Å². The Labute approximate surface area is 401 Å². The number of hydrogen-bond donors (Lipinski definition) is 5. The van der Waals surface area contributed by atoms with Crippen LogP contribution in [0, 0.1) is 5.92 Å². The molecule has 0 spiro atoms. The summed E-state index contributed by atoms with van der Waals surface area (Å²) in [6.07, 6.45) is 25.0. The number of aliphatic hydroxyl groups excluding tert-OH is 2. The van der Waals surface area contributed by atoms with Crippen molar-refractivity contribution in [3.05, 3.63) is 71.4 Å². The van der Waals surface area contributed by atoms with Gasteiger partial charge in [0.2, 0.25) is 0 Å². The van der Waals surface area contributed by atoms with E-state index in [1.165, 1.54) is 38.2 Å². The Hall–Kier alpha value is -3.61. The Kier molecular flexibility index (Phi) is 30.8. The monoisotopic (exact) mass is 1000 g/mol. The van der Waals surface area contributed by atoms with Gasteiger partial charge in [-0.15, -0.1) is 0 Å². The topological polar surface area (TPSA) is 283 Å². The Bertz CT molecular complexity index is 1900. The number of nitrogens with zero attached hydrogens (tertiary/aromatic N) is 2. The molecule has 1 aromatic heterocycles. The van der Waals surface area contributed by atoms with Crippen LogP contribution in [0.25, 0.3) is 0 Å². The highest BCUT2D eigenvalue weighted by Gasteiger charge is 2.46. The van der Waals surface area contributed by atoms with Crippen molar-refractivity contribution in [3.8, 4) is 0 Å². The molecule has 19 nitrogen and oxygen atoms in total. The maximum Gasteiger partial charge on any atom is 0.481 e. The zero-order chi connectivity index (χ0) is 50.2. The molecular formula is C47H77N3O16P2. The zero-order valence-corrected chi connectivity index (χ0v) is 41.8. The summed E-state index contributed by atoms with van der Waals surface area (Å²) in [5.41, 5.74) is 4.57. The largest absolute Gasteiger partial charge is 0.481 e. The second kappa shape index (κ2) is 34.6. The maximum atomic E-state index is 12.8. The van der Waals surface area contributed by atoms with Gasteiger partial charge in [-0.3, -0.25) is 28.0 Å². The fourth-order valence-corrected chi connectivity index (χ4v) is 8.91. The van der Waals surface area contributed by atoms with Crippen molar-refractivity contribution >= 4 is 39.2 Å². The van der Waals surface area contributed by atoms with Crippen molar-refractivity contribution < 1.29 is 71.1 Å². The average molecular weight is 1000 g/mol. The maximum absolute atomic E-state index is 12.8. The van der Waals surface area contributed by atoms with Crippen molar-refractivity contribution in [2.45, 2.75) is 180 Å². The highest BCUT2D eigenvalue weighted by atomic mass is 31.3. The van der Waals surface area contributed by atoms with Crippen LogP contribution in [0.1, 0.15) is 155 Å². The first-order valence-corrected chi connectivity index (χ1v) is 27.0. The van der Waals surface area contributed by atoms with E-state index in [-0.39, 0.29) is 24.4 Å². The van der Waals surface area contributed by atoms with Crippen LogP contribution in [0.5, 0.6) is 0 Å². The molecule has 0 aromatic carbocycles. The number of phosphoric acid groups is 2. The van der Waals surface area contributed by atoms with Gasteiger partial charge in [-0.2, -0.15) is 9.29 Å². The van der Waals surface area contributed by atoms with E-state index in [1.807, 2.05) is 36.5 Å². The van der Waals surface area contributed by atoms with Gasteiger partial charge >= 0.3 is 33.3 Å². The van der Waals surface area contributed by atoms with E-state index in [2.05, 4.69) is 30.1 Å². The summed E-state index contributed by atoms with van der Waals surface area (Å²) in [7, 11) is -10.9. The minimum Gasteiger partial charge on any atom is -0.462 e. The number of ketones is 1. The first-order valence-electron chi connectivity index (χ1n) is 24.0. The van der Waals surface area contributed by atoms with Gasteiger partial charge in [0.25, 0.3) is 0 Å². The number of nitrogens with two attached hydrogens (primary N) is 1. The molecule has 2 rings (SSSR count). The summed E-state index contributed by atoms with van der Waals surface area (Å²) in [4.78, 5) is 73.5. The molecule has 1 aliphatic rings. The molecule has 1 fully saturated rings. The fraction of sp³-hybridized carbons (Fsp3) is 0.681. The predicted molar refractivity (Wildman–Crippen MR) is 257 cm³/mol. The Morgan fingerprint density at radius 2 is 1.41 bits per heavy atom. The third-order valence-corrected chi connectivity index (χ3v) is 13.2. The summed E-state index contributed by atoms with van der Waals surface area (Å²) in [6, 6.07) is 1.24. The fourth-order valence-electron chi connectivity index (χ4n) is 6.80. The summed E-state index contributed by atoms with van der Waals surface area (Å²) < 4.78 is 56.5.